The number of carboxylic acid groups (broad SMARTS) is 2. The fourth-order valence-corrected chi connectivity index (χ4v) is 4.17. The van der Waals surface area contributed by atoms with E-state index in [1.807, 2.05) is 4.90 Å². The summed E-state index contributed by atoms with van der Waals surface area (Å²) in [7, 11) is -3.94. The second-order valence-corrected chi connectivity index (χ2v) is 9.25. The Bertz CT molecular complexity index is 1130. The van der Waals surface area contributed by atoms with Crippen molar-refractivity contribution in [2.24, 2.45) is 5.92 Å². The van der Waals surface area contributed by atoms with Crippen LogP contribution in [0.15, 0.2) is 47.4 Å². The number of aliphatic carboxylic acids is 1. The number of benzene rings is 2. The lowest BCUT2D eigenvalue weighted by Gasteiger charge is -2.33. The number of alkyl halides is 3. The van der Waals surface area contributed by atoms with Crippen molar-refractivity contribution >= 4 is 33.3 Å². The van der Waals surface area contributed by atoms with Crippen LogP contribution in [0, 0.1) is 11.7 Å². The molecule has 1 heterocycles. The van der Waals surface area contributed by atoms with Gasteiger partial charge in [0.15, 0.2) is 0 Å². The van der Waals surface area contributed by atoms with Crippen molar-refractivity contribution in [2.75, 3.05) is 22.7 Å². The molecule has 186 valence electrons. The predicted octanol–water partition coefficient (Wildman–Crippen LogP) is 4.19. The molecular weight excluding hydrogens is 484 g/mol. The lowest BCUT2D eigenvalue weighted by molar-refractivity contribution is -0.192. The number of sulfonamides is 1. The lowest BCUT2D eigenvalue weighted by Crippen LogP contribution is -2.33. The number of hydrogen-bond acceptors (Lipinski definition) is 5. The molecule has 34 heavy (non-hydrogen) atoms. The van der Waals surface area contributed by atoms with Gasteiger partial charge in [0.2, 0.25) is 0 Å². The van der Waals surface area contributed by atoms with Gasteiger partial charge in [0.05, 0.1) is 16.1 Å². The van der Waals surface area contributed by atoms with Gasteiger partial charge in [0.25, 0.3) is 10.0 Å². The molecule has 0 amide bonds. The molecule has 0 saturated carbocycles. The van der Waals surface area contributed by atoms with E-state index < -0.39 is 34.0 Å². The molecule has 8 nitrogen and oxygen atoms in total. The quantitative estimate of drug-likeness (QED) is 0.520. The summed E-state index contributed by atoms with van der Waals surface area (Å²) in [5.41, 5.74) is 0.772. The minimum Gasteiger partial charge on any atom is -0.478 e. The van der Waals surface area contributed by atoms with Crippen molar-refractivity contribution in [2.45, 2.75) is 30.8 Å². The van der Waals surface area contributed by atoms with E-state index in [4.69, 9.17) is 9.90 Å². The summed E-state index contributed by atoms with van der Waals surface area (Å²) in [6.45, 7) is 3.70. The van der Waals surface area contributed by atoms with Crippen LogP contribution in [-0.2, 0) is 14.8 Å². The summed E-state index contributed by atoms with van der Waals surface area (Å²) in [4.78, 5) is 22.5. The highest BCUT2D eigenvalue weighted by Crippen LogP contribution is 2.29. The normalized spacial score (nSPS) is 14.7. The number of nitrogens with zero attached hydrogens (tertiary/aromatic N) is 1. The molecule has 1 aliphatic heterocycles. The molecule has 2 aromatic rings. The van der Waals surface area contributed by atoms with Gasteiger partial charge in [-0.3, -0.25) is 4.72 Å². The molecule has 0 atom stereocenters. The highest BCUT2D eigenvalue weighted by atomic mass is 32.2. The molecule has 0 spiro atoms. The number of halogens is 4. The number of anilines is 2. The molecule has 2 aromatic carbocycles. The van der Waals surface area contributed by atoms with Crippen molar-refractivity contribution in [3.63, 3.8) is 0 Å². The molecule has 13 heteroatoms. The third-order valence-electron chi connectivity index (χ3n) is 4.97. The first-order chi connectivity index (χ1) is 15.7. The second kappa shape index (κ2) is 10.7. The molecule has 0 aromatic heterocycles. The van der Waals surface area contributed by atoms with E-state index in [0.29, 0.717) is 11.6 Å². The van der Waals surface area contributed by atoms with Crippen LogP contribution in [0.4, 0.5) is 28.9 Å². The third-order valence-corrected chi connectivity index (χ3v) is 6.37. The summed E-state index contributed by atoms with van der Waals surface area (Å²) in [6.07, 6.45) is -3.12. The Hall–Kier alpha value is -3.35. The molecule has 0 unspecified atom stereocenters. The van der Waals surface area contributed by atoms with E-state index >= 15 is 0 Å². The molecule has 3 rings (SSSR count). The zero-order chi connectivity index (χ0) is 25.7. The van der Waals surface area contributed by atoms with Crippen LogP contribution in [-0.4, -0.2) is 49.8 Å². The average molecular weight is 506 g/mol. The van der Waals surface area contributed by atoms with Crippen LogP contribution in [0.2, 0.25) is 0 Å². The van der Waals surface area contributed by atoms with E-state index in [0.717, 1.165) is 50.2 Å². The Labute approximate surface area is 192 Å². The summed E-state index contributed by atoms with van der Waals surface area (Å²) >= 11 is 0. The maximum absolute atomic E-state index is 13.0. The van der Waals surface area contributed by atoms with Gasteiger partial charge in [0.1, 0.15) is 5.82 Å². The van der Waals surface area contributed by atoms with Gasteiger partial charge in [-0.15, -0.1) is 0 Å². The first kappa shape index (κ1) is 26.9. The summed E-state index contributed by atoms with van der Waals surface area (Å²) < 4.78 is 71.9. The van der Waals surface area contributed by atoms with Crippen LogP contribution < -0.4 is 9.62 Å². The first-order valence-electron chi connectivity index (χ1n) is 9.91. The zero-order valence-electron chi connectivity index (χ0n) is 17.8. The van der Waals surface area contributed by atoms with E-state index in [1.165, 1.54) is 6.07 Å². The van der Waals surface area contributed by atoms with Gasteiger partial charge in [-0.25, -0.2) is 22.4 Å². The largest absolute Gasteiger partial charge is 0.490 e. The standard InChI is InChI=1S/C19H21FN2O4S.C2HF3O2/c1-13-8-10-22(11-9-13)18-7-4-15(12-17(18)19(23)24)21-27(25,26)16-5-2-14(20)3-6-16;3-2(4,5)1(6)7/h2-7,12-13,21H,8-11H2,1H3,(H,23,24);(H,6,7). The van der Waals surface area contributed by atoms with Crippen molar-refractivity contribution in [3.8, 4) is 0 Å². The minimum absolute atomic E-state index is 0.0452. The van der Waals surface area contributed by atoms with Crippen molar-refractivity contribution in [1.29, 1.82) is 0 Å². The zero-order valence-corrected chi connectivity index (χ0v) is 18.7. The highest BCUT2D eigenvalue weighted by molar-refractivity contribution is 7.92. The van der Waals surface area contributed by atoms with E-state index in [1.54, 1.807) is 12.1 Å². The summed E-state index contributed by atoms with van der Waals surface area (Å²) in [6, 6.07) is 8.90. The molecular formula is C21H22F4N2O6S. The topological polar surface area (TPSA) is 124 Å². The van der Waals surface area contributed by atoms with Gasteiger partial charge >= 0.3 is 18.1 Å². The Morgan fingerprint density at radius 2 is 1.56 bits per heavy atom. The number of rotatable bonds is 5. The van der Waals surface area contributed by atoms with E-state index in [2.05, 4.69) is 11.6 Å². The molecule has 0 radical (unpaired) electrons. The Morgan fingerprint density at radius 3 is 2.03 bits per heavy atom. The molecule has 1 fully saturated rings. The number of hydrogen-bond donors (Lipinski definition) is 3. The van der Waals surface area contributed by atoms with E-state index in [9.17, 15) is 35.9 Å². The predicted molar refractivity (Wildman–Crippen MR) is 115 cm³/mol. The van der Waals surface area contributed by atoms with E-state index in [-0.39, 0.29) is 16.1 Å². The molecule has 1 aliphatic rings. The van der Waals surface area contributed by atoms with Gasteiger partial charge in [0, 0.05) is 18.8 Å². The van der Waals surface area contributed by atoms with Crippen molar-refractivity contribution in [1.82, 2.24) is 0 Å². The average Bonchev–Trinajstić information content (AvgIpc) is 2.74. The smallest absolute Gasteiger partial charge is 0.478 e. The van der Waals surface area contributed by atoms with Gasteiger partial charge in [-0.1, -0.05) is 6.92 Å². The number of piperidine rings is 1. The molecule has 0 aliphatic carbocycles. The number of carbonyl (C=O) groups is 2. The van der Waals surface area contributed by atoms with Gasteiger partial charge in [-0.2, -0.15) is 13.2 Å². The summed E-state index contributed by atoms with van der Waals surface area (Å²) in [5, 5.41) is 16.7. The number of nitrogens with one attached hydrogen (secondary N) is 1. The maximum atomic E-state index is 13.0. The van der Waals surface area contributed by atoms with Crippen molar-refractivity contribution in [3.05, 3.63) is 53.8 Å². The fraction of sp³-hybridized carbons (Fsp3) is 0.333. The monoisotopic (exact) mass is 506 g/mol. The lowest BCUT2D eigenvalue weighted by atomic mass is 9.98. The Morgan fingerprint density at radius 1 is 1.03 bits per heavy atom. The molecule has 1 saturated heterocycles. The number of aromatic carboxylic acids is 1. The minimum atomic E-state index is -5.08. The van der Waals surface area contributed by atoms with Crippen LogP contribution >= 0.6 is 0 Å². The number of carboxylic acids is 2. The molecule has 0 bridgehead atoms. The molecule has 3 N–H and O–H groups in total. The Kier molecular flexibility index (Phi) is 8.48. The van der Waals surface area contributed by atoms with Crippen LogP contribution in [0.1, 0.15) is 30.1 Å². The first-order valence-corrected chi connectivity index (χ1v) is 11.4. The third kappa shape index (κ3) is 7.33. The Balaban J connectivity index is 0.000000509. The van der Waals surface area contributed by atoms with Crippen LogP contribution in [0.25, 0.3) is 0 Å². The van der Waals surface area contributed by atoms with Crippen LogP contribution in [0.3, 0.4) is 0 Å². The van der Waals surface area contributed by atoms with Gasteiger partial charge in [-0.05, 0) is 61.2 Å². The second-order valence-electron chi connectivity index (χ2n) is 7.57. The fourth-order valence-electron chi connectivity index (χ4n) is 3.12. The SMILES string of the molecule is CC1CCN(c2ccc(NS(=O)(=O)c3ccc(F)cc3)cc2C(=O)O)CC1.O=C(O)C(F)(F)F. The maximum Gasteiger partial charge on any atom is 0.490 e. The highest BCUT2D eigenvalue weighted by Gasteiger charge is 2.38. The van der Waals surface area contributed by atoms with Crippen LogP contribution in [0.5, 0.6) is 0 Å². The van der Waals surface area contributed by atoms with Crippen molar-refractivity contribution < 1.29 is 45.8 Å². The summed E-state index contributed by atoms with van der Waals surface area (Å²) in [5.74, 6) is -3.81. The van der Waals surface area contributed by atoms with Gasteiger partial charge < -0.3 is 15.1 Å².